The van der Waals surface area contributed by atoms with Gasteiger partial charge in [-0.15, -0.1) is 0 Å². The highest BCUT2D eigenvalue weighted by Gasteiger charge is 2.21. The van der Waals surface area contributed by atoms with Crippen LogP contribution in [0.3, 0.4) is 0 Å². The quantitative estimate of drug-likeness (QED) is 0.446. The second kappa shape index (κ2) is 9.43. The molecule has 0 spiro atoms. The van der Waals surface area contributed by atoms with Crippen LogP contribution in [0.2, 0.25) is 0 Å². The molecule has 0 radical (unpaired) electrons. The summed E-state index contributed by atoms with van der Waals surface area (Å²) in [6, 6.07) is 19.1. The third-order valence-electron chi connectivity index (χ3n) is 5.22. The number of carbonyl (C=O) groups excluding carboxylic acids is 2. The van der Waals surface area contributed by atoms with Crippen LogP contribution in [0.5, 0.6) is 0 Å². The second-order valence-corrected chi connectivity index (χ2v) is 7.47. The van der Waals surface area contributed by atoms with Crippen molar-refractivity contribution in [2.75, 3.05) is 13.2 Å². The molecule has 4 rings (SSSR count). The molecule has 7 nitrogen and oxygen atoms in total. The van der Waals surface area contributed by atoms with Crippen molar-refractivity contribution in [3.8, 4) is 11.3 Å². The Balaban J connectivity index is 1.43. The fraction of sp³-hybridized carbons (Fsp3) is 0.200. The molecule has 7 heteroatoms. The van der Waals surface area contributed by atoms with Crippen LogP contribution in [-0.2, 0) is 16.0 Å². The van der Waals surface area contributed by atoms with E-state index in [-0.39, 0.29) is 23.8 Å². The fourth-order valence-electron chi connectivity index (χ4n) is 3.50. The Hall–Kier alpha value is -4.00. The number of nitrogens with zero attached hydrogens (tertiary/aromatic N) is 2. The molecule has 0 aliphatic heterocycles. The van der Waals surface area contributed by atoms with Gasteiger partial charge in [-0.1, -0.05) is 59.8 Å². The minimum Gasteiger partial charge on any atom is -0.452 e. The molecule has 4 aromatic rings. The van der Waals surface area contributed by atoms with Crippen molar-refractivity contribution in [2.45, 2.75) is 20.3 Å². The van der Waals surface area contributed by atoms with E-state index in [0.29, 0.717) is 29.7 Å². The Morgan fingerprint density at radius 2 is 1.78 bits per heavy atom. The first-order chi connectivity index (χ1) is 15.5. The summed E-state index contributed by atoms with van der Waals surface area (Å²) < 4.78 is 10.6. The Labute approximate surface area is 185 Å². The Kier molecular flexibility index (Phi) is 6.26. The standard InChI is InChI=1S/C25H23N3O4/c1-16-8-6-7-9-18(16)12-13-26-22(29)15-31-25(30)20-14-21(19-10-4-3-5-11-19)27-24-23(20)17(2)28-32-24/h3-11,14H,12-13,15H2,1-2H3,(H,26,29). The van der Waals surface area contributed by atoms with Crippen molar-refractivity contribution < 1.29 is 18.8 Å². The van der Waals surface area contributed by atoms with Gasteiger partial charge in [0, 0.05) is 12.1 Å². The van der Waals surface area contributed by atoms with Gasteiger partial charge in [-0.25, -0.2) is 9.78 Å². The van der Waals surface area contributed by atoms with Crippen LogP contribution < -0.4 is 5.32 Å². The van der Waals surface area contributed by atoms with E-state index >= 15 is 0 Å². The van der Waals surface area contributed by atoms with Crippen LogP contribution in [0.1, 0.15) is 27.2 Å². The summed E-state index contributed by atoms with van der Waals surface area (Å²) in [7, 11) is 0. The van der Waals surface area contributed by atoms with Gasteiger partial charge in [0.15, 0.2) is 6.61 Å². The van der Waals surface area contributed by atoms with Crippen LogP contribution >= 0.6 is 0 Å². The maximum absolute atomic E-state index is 12.8. The summed E-state index contributed by atoms with van der Waals surface area (Å²) >= 11 is 0. The summed E-state index contributed by atoms with van der Waals surface area (Å²) in [4.78, 5) is 29.5. The highest BCUT2D eigenvalue weighted by atomic mass is 16.5. The molecule has 162 valence electrons. The van der Waals surface area contributed by atoms with Crippen LogP contribution in [0.4, 0.5) is 0 Å². The summed E-state index contributed by atoms with van der Waals surface area (Å²) in [5, 5.41) is 7.19. The monoisotopic (exact) mass is 429 g/mol. The molecule has 2 heterocycles. The summed E-state index contributed by atoms with van der Waals surface area (Å²) in [6.07, 6.45) is 0.706. The van der Waals surface area contributed by atoms with E-state index in [2.05, 4.69) is 15.5 Å². The van der Waals surface area contributed by atoms with Crippen LogP contribution in [0.15, 0.2) is 65.2 Å². The summed E-state index contributed by atoms with van der Waals surface area (Å²) in [6.45, 7) is 3.85. The van der Waals surface area contributed by atoms with Gasteiger partial charge in [-0.05, 0) is 37.5 Å². The zero-order valence-corrected chi connectivity index (χ0v) is 17.9. The lowest BCUT2D eigenvalue weighted by Gasteiger charge is -2.09. The predicted molar refractivity (Wildman–Crippen MR) is 120 cm³/mol. The fourth-order valence-corrected chi connectivity index (χ4v) is 3.50. The number of aromatic nitrogens is 2. The second-order valence-electron chi connectivity index (χ2n) is 7.47. The van der Waals surface area contributed by atoms with Gasteiger partial charge < -0.3 is 14.6 Å². The van der Waals surface area contributed by atoms with Crippen molar-refractivity contribution in [3.05, 3.63) is 83.0 Å². The Bertz CT molecular complexity index is 1260. The lowest BCUT2D eigenvalue weighted by atomic mass is 10.1. The van der Waals surface area contributed by atoms with E-state index < -0.39 is 5.97 Å². The van der Waals surface area contributed by atoms with Gasteiger partial charge in [-0.3, -0.25) is 4.79 Å². The lowest BCUT2D eigenvalue weighted by Crippen LogP contribution is -2.30. The minimum atomic E-state index is -0.630. The number of hydrogen-bond acceptors (Lipinski definition) is 6. The molecule has 0 saturated carbocycles. The first-order valence-corrected chi connectivity index (χ1v) is 10.3. The number of pyridine rings is 1. The average molecular weight is 429 g/mol. The number of hydrogen-bond donors (Lipinski definition) is 1. The highest BCUT2D eigenvalue weighted by molar-refractivity contribution is 6.04. The Morgan fingerprint density at radius 1 is 1.03 bits per heavy atom. The van der Waals surface area contributed by atoms with E-state index in [1.807, 2.05) is 61.5 Å². The third-order valence-corrected chi connectivity index (χ3v) is 5.22. The van der Waals surface area contributed by atoms with Gasteiger partial charge in [0.1, 0.15) is 0 Å². The van der Waals surface area contributed by atoms with Gasteiger partial charge in [0.05, 0.1) is 22.3 Å². The third kappa shape index (κ3) is 4.67. The van der Waals surface area contributed by atoms with Crippen LogP contribution in [-0.4, -0.2) is 35.2 Å². The number of aryl methyl sites for hydroxylation is 2. The van der Waals surface area contributed by atoms with Gasteiger partial charge in [-0.2, -0.15) is 0 Å². The van der Waals surface area contributed by atoms with E-state index in [1.54, 1.807) is 13.0 Å². The molecule has 0 bridgehead atoms. The van der Waals surface area contributed by atoms with Crippen LogP contribution in [0.25, 0.3) is 22.4 Å². The van der Waals surface area contributed by atoms with Crippen molar-refractivity contribution in [3.63, 3.8) is 0 Å². The smallest absolute Gasteiger partial charge is 0.339 e. The highest BCUT2D eigenvalue weighted by Crippen LogP contribution is 2.27. The molecule has 0 aliphatic rings. The van der Waals surface area contributed by atoms with Gasteiger partial charge in [0.2, 0.25) is 0 Å². The van der Waals surface area contributed by atoms with E-state index in [1.165, 1.54) is 11.1 Å². The van der Waals surface area contributed by atoms with Crippen molar-refractivity contribution >= 4 is 23.0 Å². The van der Waals surface area contributed by atoms with E-state index in [0.717, 1.165) is 5.56 Å². The van der Waals surface area contributed by atoms with Crippen molar-refractivity contribution in [1.82, 2.24) is 15.5 Å². The number of ether oxygens (including phenoxy) is 1. The summed E-state index contributed by atoms with van der Waals surface area (Å²) in [5.74, 6) is -0.988. The number of amides is 1. The Morgan fingerprint density at radius 3 is 2.56 bits per heavy atom. The van der Waals surface area contributed by atoms with Crippen molar-refractivity contribution in [1.29, 1.82) is 0 Å². The van der Waals surface area contributed by atoms with Crippen LogP contribution in [0, 0.1) is 13.8 Å². The number of rotatable bonds is 7. The topological polar surface area (TPSA) is 94.3 Å². The molecule has 0 atom stereocenters. The minimum absolute atomic E-state index is 0.249. The molecule has 1 N–H and O–H groups in total. The molecule has 2 aromatic heterocycles. The number of esters is 1. The molecule has 1 amide bonds. The number of carbonyl (C=O) groups is 2. The maximum Gasteiger partial charge on any atom is 0.339 e. The zero-order valence-electron chi connectivity index (χ0n) is 17.9. The van der Waals surface area contributed by atoms with Crippen molar-refractivity contribution in [2.24, 2.45) is 0 Å². The number of nitrogens with one attached hydrogen (secondary N) is 1. The molecule has 0 saturated heterocycles. The lowest BCUT2D eigenvalue weighted by molar-refractivity contribution is -0.124. The number of fused-ring (bicyclic) bond motifs is 1. The molecular weight excluding hydrogens is 406 g/mol. The molecule has 0 aliphatic carbocycles. The number of benzene rings is 2. The molecule has 0 unspecified atom stereocenters. The largest absolute Gasteiger partial charge is 0.452 e. The molecule has 0 fully saturated rings. The van der Waals surface area contributed by atoms with Gasteiger partial charge >= 0.3 is 5.97 Å². The first-order valence-electron chi connectivity index (χ1n) is 10.3. The van der Waals surface area contributed by atoms with E-state index in [4.69, 9.17) is 9.26 Å². The maximum atomic E-state index is 12.8. The zero-order chi connectivity index (χ0) is 22.5. The van der Waals surface area contributed by atoms with Gasteiger partial charge in [0.25, 0.3) is 11.6 Å². The predicted octanol–water partition coefficient (Wildman–Crippen LogP) is 4.02. The molecule has 2 aromatic carbocycles. The van der Waals surface area contributed by atoms with E-state index in [9.17, 15) is 9.59 Å². The average Bonchev–Trinajstić information content (AvgIpc) is 3.19. The molecule has 32 heavy (non-hydrogen) atoms. The molecular formula is C25H23N3O4. The summed E-state index contributed by atoms with van der Waals surface area (Å²) in [5.41, 5.74) is 4.77. The SMILES string of the molecule is Cc1ccccc1CCNC(=O)COC(=O)c1cc(-c2ccccc2)nc2onc(C)c12. The first kappa shape index (κ1) is 21.2. The normalized spacial score (nSPS) is 10.8.